The highest BCUT2D eigenvalue weighted by Crippen LogP contribution is 2.45. The van der Waals surface area contributed by atoms with E-state index in [9.17, 15) is 0 Å². The fourth-order valence-electron chi connectivity index (χ4n) is 9.27. The quantitative estimate of drug-likeness (QED) is 0.157. The predicted molar refractivity (Wildman–Crippen MR) is 255 cm³/mol. The maximum Gasteiger partial charge on any atom is 0.143 e. The Kier molecular flexibility index (Phi) is 7.89. The van der Waals surface area contributed by atoms with Gasteiger partial charge in [0.05, 0.1) is 11.1 Å². The van der Waals surface area contributed by atoms with Crippen molar-refractivity contribution in [1.82, 2.24) is 0 Å². The molecule has 0 fully saturated rings. The van der Waals surface area contributed by atoms with Gasteiger partial charge in [-0.25, -0.2) is 0 Å². The molecule has 0 saturated heterocycles. The van der Waals surface area contributed by atoms with E-state index in [0.717, 1.165) is 44.4 Å². The molecule has 2 nitrogen and oxygen atoms in total. The van der Waals surface area contributed by atoms with Crippen molar-refractivity contribution in [3.05, 3.63) is 224 Å². The van der Waals surface area contributed by atoms with Gasteiger partial charge in [0, 0.05) is 22.1 Å². The number of furan rings is 1. The third kappa shape index (κ3) is 5.65. The van der Waals surface area contributed by atoms with Crippen molar-refractivity contribution >= 4 is 82.1 Å². The zero-order chi connectivity index (χ0) is 39.6. The zero-order valence-electron chi connectivity index (χ0n) is 32.7. The summed E-state index contributed by atoms with van der Waals surface area (Å²) in [4.78, 5) is 2.37. The third-order valence-corrected chi connectivity index (χ3v) is 12.3. The molecule has 12 rings (SSSR count). The first kappa shape index (κ1) is 34.1. The van der Waals surface area contributed by atoms with Gasteiger partial charge in [-0.15, -0.1) is 0 Å². The van der Waals surface area contributed by atoms with Gasteiger partial charge in [-0.05, 0) is 120 Å². The molecule has 1 heterocycles. The van der Waals surface area contributed by atoms with E-state index in [1.165, 1.54) is 71.1 Å². The molecule has 280 valence electrons. The lowest BCUT2D eigenvalue weighted by atomic mass is 9.96. The minimum absolute atomic E-state index is 0.868. The summed E-state index contributed by atoms with van der Waals surface area (Å²) >= 11 is 0. The second-order valence-electron chi connectivity index (χ2n) is 15.7. The van der Waals surface area contributed by atoms with E-state index in [0.29, 0.717) is 0 Å². The van der Waals surface area contributed by atoms with E-state index >= 15 is 0 Å². The highest BCUT2D eigenvalue weighted by molar-refractivity contribution is 6.19. The third-order valence-electron chi connectivity index (χ3n) is 12.3. The number of fused-ring (bicyclic) bond motifs is 9. The molecule has 0 atom stereocenters. The Morgan fingerprint density at radius 2 is 0.783 bits per heavy atom. The van der Waals surface area contributed by atoms with Crippen molar-refractivity contribution < 1.29 is 4.42 Å². The van der Waals surface area contributed by atoms with Crippen molar-refractivity contribution in [2.24, 2.45) is 0 Å². The van der Waals surface area contributed by atoms with Gasteiger partial charge >= 0.3 is 0 Å². The summed E-state index contributed by atoms with van der Waals surface area (Å²) in [7, 11) is 0. The van der Waals surface area contributed by atoms with Crippen LogP contribution in [0, 0.1) is 0 Å². The highest BCUT2D eigenvalue weighted by atomic mass is 16.3. The summed E-state index contributed by atoms with van der Waals surface area (Å²) in [6, 6.07) is 81.2. The maximum atomic E-state index is 6.68. The first-order chi connectivity index (χ1) is 29.7. The summed E-state index contributed by atoms with van der Waals surface area (Å²) in [6.07, 6.45) is 0. The van der Waals surface area contributed by atoms with Gasteiger partial charge in [0.15, 0.2) is 0 Å². The molecule has 0 aliphatic heterocycles. The number of benzene rings is 11. The fourth-order valence-corrected chi connectivity index (χ4v) is 9.27. The van der Waals surface area contributed by atoms with Gasteiger partial charge in [0.2, 0.25) is 0 Å². The molecule has 0 radical (unpaired) electrons. The first-order valence-corrected chi connectivity index (χ1v) is 20.6. The fraction of sp³-hybridized carbons (Fsp3) is 0. The molecule has 2 heteroatoms. The summed E-state index contributed by atoms with van der Waals surface area (Å²) in [5.41, 5.74) is 12.2. The lowest BCUT2D eigenvalue weighted by Crippen LogP contribution is -2.10. The molecule has 0 aliphatic rings. The van der Waals surface area contributed by atoms with E-state index in [4.69, 9.17) is 4.42 Å². The van der Waals surface area contributed by atoms with Crippen LogP contribution in [0.3, 0.4) is 0 Å². The van der Waals surface area contributed by atoms with Crippen molar-refractivity contribution in [3.8, 4) is 33.4 Å². The lowest BCUT2D eigenvalue weighted by molar-refractivity contribution is 0.672. The SMILES string of the molecule is c1ccc2c(-c3ccc(-c4ccc(N(c5ccc(-c6ccc7c(ccc8ccccc87)c6)cc5)c5cccc6oc7c8ccccc8ccc7c56)cc4)cc3)cccc2c1. The van der Waals surface area contributed by atoms with Crippen LogP contribution in [0.2, 0.25) is 0 Å². The van der Waals surface area contributed by atoms with Crippen LogP contribution < -0.4 is 4.90 Å². The monoisotopic (exact) mass is 763 g/mol. The summed E-state index contributed by atoms with van der Waals surface area (Å²) < 4.78 is 6.68. The number of nitrogens with zero attached hydrogens (tertiary/aromatic N) is 1. The average molecular weight is 764 g/mol. The Morgan fingerprint density at radius 1 is 0.300 bits per heavy atom. The van der Waals surface area contributed by atoms with Crippen LogP contribution in [0.15, 0.2) is 229 Å². The normalized spacial score (nSPS) is 11.7. The van der Waals surface area contributed by atoms with Gasteiger partial charge in [-0.3, -0.25) is 0 Å². The molecule has 0 bridgehead atoms. The Hall–Kier alpha value is -7.94. The molecule has 0 saturated carbocycles. The Morgan fingerprint density at radius 3 is 1.52 bits per heavy atom. The van der Waals surface area contributed by atoms with Crippen LogP contribution in [-0.4, -0.2) is 0 Å². The Labute approximate surface area is 347 Å². The van der Waals surface area contributed by atoms with Crippen LogP contribution in [-0.2, 0) is 0 Å². The molecule has 60 heavy (non-hydrogen) atoms. The topological polar surface area (TPSA) is 16.4 Å². The highest BCUT2D eigenvalue weighted by Gasteiger charge is 2.21. The van der Waals surface area contributed by atoms with E-state index < -0.39 is 0 Å². The zero-order valence-corrected chi connectivity index (χ0v) is 32.7. The Balaban J connectivity index is 0.955. The molecule has 0 amide bonds. The second-order valence-corrected chi connectivity index (χ2v) is 15.7. The van der Waals surface area contributed by atoms with Crippen molar-refractivity contribution in [2.75, 3.05) is 4.90 Å². The van der Waals surface area contributed by atoms with E-state index in [2.05, 4.69) is 229 Å². The average Bonchev–Trinajstić information content (AvgIpc) is 3.72. The second kappa shape index (κ2) is 13.9. The predicted octanol–water partition coefficient (Wildman–Crippen LogP) is 16.7. The van der Waals surface area contributed by atoms with Crippen molar-refractivity contribution in [1.29, 1.82) is 0 Å². The molecular weight excluding hydrogens is 727 g/mol. The number of rotatable bonds is 6. The first-order valence-electron chi connectivity index (χ1n) is 20.6. The molecular formula is C58H37NO. The molecule has 11 aromatic carbocycles. The number of hydrogen-bond acceptors (Lipinski definition) is 2. The minimum atomic E-state index is 0.868. The largest absolute Gasteiger partial charge is 0.455 e. The maximum absolute atomic E-state index is 6.68. The van der Waals surface area contributed by atoms with Crippen LogP contribution in [0.25, 0.3) is 98.4 Å². The molecule has 0 spiro atoms. The Bertz CT molecular complexity index is 3570. The molecule has 0 N–H and O–H groups in total. The smallest absolute Gasteiger partial charge is 0.143 e. The van der Waals surface area contributed by atoms with Crippen molar-refractivity contribution in [2.45, 2.75) is 0 Å². The molecule has 12 aromatic rings. The summed E-state index contributed by atoms with van der Waals surface area (Å²) in [6.45, 7) is 0. The standard InChI is InChI=1S/C58H37NO/c1-4-13-49-41(9-1)12-7-16-51(49)44-21-19-38(20-22-44)39-25-31-47(32-26-39)59(55-17-8-18-56-57(55)54-36-29-43-11-3-6-15-53(43)58(54)60-56)48-33-27-40(28-34-48)45-30-35-52-46(37-45)24-23-42-10-2-5-14-50(42)52/h1-37H. The molecule has 1 aromatic heterocycles. The van der Waals surface area contributed by atoms with Crippen LogP contribution in [0.4, 0.5) is 17.1 Å². The molecule has 0 aliphatic carbocycles. The van der Waals surface area contributed by atoms with Gasteiger partial charge in [-0.2, -0.15) is 0 Å². The van der Waals surface area contributed by atoms with Gasteiger partial charge in [-0.1, -0.05) is 176 Å². The van der Waals surface area contributed by atoms with Crippen LogP contribution in [0.1, 0.15) is 0 Å². The van der Waals surface area contributed by atoms with Crippen molar-refractivity contribution in [3.63, 3.8) is 0 Å². The van der Waals surface area contributed by atoms with E-state index in [1.54, 1.807) is 0 Å². The lowest BCUT2D eigenvalue weighted by Gasteiger charge is -2.26. The summed E-state index contributed by atoms with van der Waals surface area (Å²) in [5.74, 6) is 0. The van der Waals surface area contributed by atoms with Gasteiger partial charge in [0.25, 0.3) is 0 Å². The minimum Gasteiger partial charge on any atom is -0.455 e. The van der Waals surface area contributed by atoms with E-state index in [1.807, 2.05) is 0 Å². The van der Waals surface area contributed by atoms with E-state index in [-0.39, 0.29) is 0 Å². The number of anilines is 3. The molecule has 0 unspecified atom stereocenters. The van der Waals surface area contributed by atoms with Crippen LogP contribution >= 0.6 is 0 Å². The number of hydrogen-bond donors (Lipinski definition) is 0. The van der Waals surface area contributed by atoms with Gasteiger partial charge in [0.1, 0.15) is 11.2 Å². The summed E-state index contributed by atoms with van der Waals surface area (Å²) in [5, 5.41) is 12.1. The van der Waals surface area contributed by atoms with Crippen LogP contribution in [0.5, 0.6) is 0 Å². The van der Waals surface area contributed by atoms with Gasteiger partial charge < -0.3 is 9.32 Å².